The van der Waals surface area contributed by atoms with Crippen molar-refractivity contribution >= 4 is 29.2 Å². The smallest absolute Gasteiger partial charge is 0.341 e. The van der Waals surface area contributed by atoms with Gasteiger partial charge in [0.25, 0.3) is 0 Å². The predicted molar refractivity (Wildman–Crippen MR) is 73.0 cm³/mol. The Bertz CT molecular complexity index is 723. The van der Waals surface area contributed by atoms with Gasteiger partial charge in [0, 0.05) is 5.56 Å². The van der Waals surface area contributed by atoms with Crippen LogP contribution in [-0.2, 0) is 5.67 Å². The lowest BCUT2D eigenvalue weighted by atomic mass is 9.99. The average Bonchev–Trinajstić information content (AvgIpc) is 2.78. The first-order valence-electron chi connectivity index (χ1n) is 5.70. The Labute approximate surface area is 128 Å². The minimum absolute atomic E-state index is 0.0274. The second kappa shape index (κ2) is 5.27. The maximum atomic E-state index is 14.0. The molecule has 0 unspecified atom stereocenters. The molecule has 0 aliphatic rings. The van der Waals surface area contributed by atoms with E-state index in [2.05, 4.69) is 5.16 Å². The van der Waals surface area contributed by atoms with E-state index in [1.807, 2.05) is 0 Å². The van der Waals surface area contributed by atoms with Crippen molar-refractivity contribution in [3.63, 3.8) is 0 Å². The molecule has 0 saturated heterocycles. The number of halogens is 4. The number of rotatable bonds is 3. The largest absolute Gasteiger partial charge is 0.477 e. The maximum absolute atomic E-state index is 14.0. The van der Waals surface area contributed by atoms with Gasteiger partial charge in [-0.15, -0.1) is 0 Å². The van der Waals surface area contributed by atoms with E-state index in [4.69, 9.17) is 27.7 Å². The molecule has 0 atom stereocenters. The van der Waals surface area contributed by atoms with Gasteiger partial charge < -0.3 is 9.63 Å². The van der Waals surface area contributed by atoms with Crippen LogP contribution in [0.25, 0.3) is 11.3 Å². The number of aromatic carboxylic acids is 1. The highest BCUT2D eigenvalue weighted by Gasteiger charge is 2.35. The molecule has 112 valence electrons. The molecule has 1 heterocycles. The summed E-state index contributed by atoms with van der Waals surface area (Å²) in [7, 11) is 0. The molecular weight excluding hydrogens is 327 g/mol. The lowest BCUT2D eigenvalue weighted by molar-refractivity contribution is 0.0683. The van der Waals surface area contributed by atoms with Crippen LogP contribution < -0.4 is 0 Å². The summed E-state index contributed by atoms with van der Waals surface area (Å²) in [5.74, 6) is -2.74. The number of carboxylic acid groups (broad SMARTS) is 1. The summed E-state index contributed by atoms with van der Waals surface area (Å²) in [6.45, 7) is 2.24. The Kier molecular flexibility index (Phi) is 3.95. The van der Waals surface area contributed by atoms with Crippen molar-refractivity contribution < 1.29 is 23.2 Å². The van der Waals surface area contributed by atoms with Gasteiger partial charge in [-0.2, -0.15) is 0 Å². The summed E-state index contributed by atoms with van der Waals surface area (Å²) >= 11 is 11.5. The molecular formula is C13H9Cl2F2NO3. The number of alkyl halides is 1. The van der Waals surface area contributed by atoms with E-state index in [0.29, 0.717) is 0 Å². The van der Waals surface area contributed by atoms with Crippen LogP contribution in [0, 0.1) is 5.82 Å². The van der Waals surface area contributed by atoms with Crippen molar-refractivity contribution in [1.82, 2.24) is 5.16 Å². The van der Waals surface area contributed by atoms with Gasteiger partial charge in [-0.25, -0.2) is 13.6 Å². The van der Waals surface area contributed by atoms with Gasteiger partial charge in [-0.3, -0.25) is 0 Å². The zero-order valence-corrected chi connectivity index (χ0v) is 12.4. The van der Waals surface area contributed by atoms with E-state index in [-0.39, 0.29) is 21.3 Å². The van der Waals surface area contributed by atoms with Crippen LogP contribution in [-0.4, -0.2) is 16.2 Å². The zero-order valence-electron chi connectivity index (χ0n) is 10.9. The van der Waals surface area contributed by atoms with E-state index in [1.165, 1.54) is 0 Å². The lowest BCUT2D eigenvalue weighted by Crippen LogP contribution is -2.13. The topological polar surface area (TPSA) is 63.3 Å². The van der Waals surface area contributed by atoms with Gasteiger partial charge in [0.15, 0.2) is 11.4 Å². The van der Waals surface area contributed by atoms with Crippen LogP contribution >= 0.6 is 23.2 Å². The molecule has 2 rings (SSSR count). The van der Waals surface area contributed by atoms with Crippen molar-refractivity contribution in [2.24, 2.45) is 0 Å². The van der Waals surface area contributed by atoms with Crippen LogP contribution in [0.2, 0.25) is 10.0 Å². The molecule has 2 aromatic rings. The molecule has 0 aliphatic carbocycles. The van der Waals surface area contributed by atoms with Gasteiger partial charge in [-0.05, 0) is 26.0 Å². The monoisotopic (exact) mass is 335 g/mol. The minimum Gasteiger partial charge on any atom is -0.477 e. The standard InChI is InChI=1S/C13H9Cl2F2NO3/c1-13(2,17)11-9(12(19)20)10(18-21-11)5-3-8(16)7(15)4-6(5)14/h3-4H,1-2H3,(H,19,20). The van der Waals surface area contributed by atoms with Crippen molar-refractivity contribution in [3.8, 4) is 11.3 Å². The van der Waals surface area contributed by atoms with E-state index in [9.17, 15) is 18.7 Å². The molecule has 0 spiro atoms. The molecule has 0 bridgehead atoms. The van der Waals surface area contributed by atoms with Crippen LogP contribution in [0.4, 0.5) is 8.78 Å². The summed E-state index contributed by atoms with van der Waals surface area (Å²) in [6.07, 6.45) is 0. The predicted octanol–water partition coefficient (Wildman–Crippen LogP) is 4.69. The fraction of sp³-hybridized carbons (Fsp3) is 0.231. The summed E-state index contributed by atoms with van der Waals surface area (Å²) in [6, 6.07) is 2.03. The van der Waals surface area contributed by atoms with Crippen molar-refractivity contribution in [2.45, 2.75) is 19.5 Å². The molecule has 0 radical (unpaired) electrons. The lowest BCUT2D eigenvalue weighted by Gasteiger charge is -2.10. The van der Waals surface area contributed by atoms with E-state index >= 15 is 0 Å². The number of nitrogens with zero attached hydrogens (tertiary/aromatic N) is 1. The number of benzene rings is 1. The third-order valence-corrected chi connectivity index (χ3v) is 3.31. The molecule has 0 saturated carbocycles. The van der Waals surface area contributed by atoms with Gasteiger partial charge >= 0.3 is 5.97 Å². The molecule has 1 N–H and O–H groups in total. The molecule has 21 heavy (non-hydrogen) atoms. The quantitative estimate of drug-likeness (QED) is 0.826. The van der Waals surface area contributed by atoms with Crippen molar-refractivity contribution in [1.29, 1.82) is 0 Å². The molecule has 8 heteroatoms. The van der Waals surface area contributed by atoms with Gasteiger partial charge in [0.1, 0.15) is 17.1 Å². The third-order valence-electron chi connectivity index (χ3n) is 2.71. The highest BCUT2D eigenvalue weighted by Crippen LogP contribution is 2.38. The maximum Gasteiger partial charge on any atom is 0.341 e. The van der Waals surface area contributed by atoms with Gasteiger partial charge in [0.2, 0.25) is 0 Å². The van der Waals surface area contributed by atoms with Gasteiger partial charge in [0.05, 0.1) is 10.0 Å². The summed E-state index contributed by atoms with van der Waals surface area (Å²) in [5.41, 5.74) is -2.89. The molecule has 0 amide bonds. The third kappa shape index (κ3) is 2.87. The Hall–Kier alpha value is -1.66. The van der Waals surface area contributed by atoms with Crippen LogP contribution in [0.5, 0.6) is 0 Å². The number of hydrogen-bond acceptors (Lipinski definition) is 3. The summed E-state index contributed by atoms with van der Waals surface area (Å²) in [4.78, 5) is 11.4. The molecule has 4 nitrogen and oxygen atoms in total. The molecule has 0 fully saturated rings. The first-order valence-corrected chi connectivity index (χ1v) is 6.45. The van der Waals surface area contributed by atoms with E-state index < -0.39 is 28.8 Å². The fourth-order valence-electron chi connectivity index (χ4n) is 1.78. The minimum atomic E-state index is -2.07. The number of carboxylic acids is 1. The Balaban J connectivity index is 2.74. The SMILES string of the molecule is CC(C)(F)c1onc(-c2cc(F)c(Cl)cc2Cl)c1C(=O)O. The number of carbonyl (C=O) groups is 1. The molecule has 1 aromatic heterocycles. The first kappa shape index (κ1) is 15.7. The molecule has 0 aliphatic heterocycles. The van der Waals surface area contributed by atoms with Crippen LogP contribution in [0.15, 0.2) is 16.7 Å². The van der Waals surface area contributed by atoms with Crippen LogP contribution in [0.3, 0.4) is 0 Å². The van der Waals surface area contributed by atoms with E-state index in [1.54, 1.807) is 0 Å². The van der Waals surface area contributed by atoms with Crippen molar-refractivity contribution in [3.05, 3.63) is 39.3 Å². The Morgan fingerprint density at radius 2 is 1.95 bits per heavy atom. The van der Waals surface area contributed by atoms with Gasteiger partial charge in [-0.1, -0.05) is 28.4 Å². The Morgan fingerprint density at radius 3 is 2.48 bits per heavy atom. The highest BCUT2D eigenvalue weighted by atomic mass is 35.5. The summed E-state index contributed by atoms with van der Waals surface area (Å²) in [5, 5.41) is 12.5. The number of hydrogen-bond donors (Lipinski definition) is 1. The second-order valence-corrected chi connectivity index (χ2v) is 5.57. The zero-order chi connectivity index (χ0) is 15.9. The summed E-state index contributed by atoms with van der Waals surface area (Å²) < 4.78 is 32.3. The molecule has 1 aromatic carbocycles. The van der Waals surface area contributed by atoms with Crippen molar-refractivity contribution in [2.75, 3.05) is 0 Å². The average molecular weight is 336 g/mol. The van der Waals surface area contributed by atoms with E-state index in [0.717, 1.165) is 26.0 Å². The van der Waals surface area contributed by atoms with Crippen LogP contribution in [0.1, 0.15) is 30.0 Å². The Morgan fingerprint density at radius 1 is 1.33 bits per heavy atom. The highest BCUT2D eigenvalue weighted by molar-refractivity contribution is 6.36. The number of aromatic nitrogens is 1. The normalized spacial score (nSPS) is 11.7. The first-order chi connectivity index (χ1) is 9.62. The fourth-order valence-corrected chi connectivity index (χ4v) is 2.25. The second-order valence-electron chi connectivity index (χ2n) is 4.76.